The maximum Gasteiger partial charge on any atom is 0.306 e. The molecule has 2 aliphatic heterocycles. The van der Waals surface area contributed by atoms with Crippen molar-refractivity contribution in [2.24, 2.45) is 5.92 Å². The van der Waals surface area contributed by atoms with E-state index in [4.69, 9.17) is 14.2 Å². The number of esters is 1. The van der Waals surface area contributed by atoms with Gasteiger partial charge in [-0.25, -0.2) is 0 Å². The first-order chi connectivity index (χ1) is 11.7. The van der Waals surface area contributed by atoms with Crippen LogP contribution in [0.15, 0.2) is 0 Å². The number of rotatable bonds is 8. The minimum Gasteiger partial charge on any atom is -0.462 e. The van der Waals surface area contributed by atoms with Gasteiger partial charge in [0.15, 0.2) is 0 Å². The third-order valence-electron chi connectivity index (χ3n) is 5.97. The Morgan fingerprint density at radius 2 is 1.54 bits per heavy atom. The molecule has 6 unspecified atom stereocenters. The van der Waals surface area contributed by atoms with Gasteiger partial charge in [-0.05, 0) is 50.9 Å². The lowest BCUT2D eigenvalue weighted by molar-refractivity contribution is -0.150. The first-order valence-electron chi connectivity index (χ1n) is 9.69. The average molecular weight is 336 g/mol. The Kier molecular flexibility index (Phi) is 4.90. The maximum absolute atomic E-state index is 12.1. The van der Waals surface area contributed by atoms with Crippen molar-refractivity contribution in [3.63, 3.8) is 0 Å². The van der Waals surface area contributed by atoms with Crippen LogP contribution in [0.5, 0.6) is 0 Å². The van der Waals surface area contributed by atoms with Gasteiger partial charge in [0.1, 0.15) is 11.9 Å². The van der Waals surface area contributed by atoms with Crippen LogP contribution in [0.25, 0.3) is 0 Å². The van der Waals surface area contributed by atoms with E-state index in [1.54, 1.807) is 0 Å². The van der Waals surface area contributed by atoms with E-state index in [2.05, 4.69) is 0 Å². The summed E-state index contributed by atoms with van der Waals surface area (Å²) in [4.78, 5) is 23.9. The lowest BCUT2D eigenvalue weighted by Gasteiger charge is -2.19. The highest BCUT2D eigenvalue weighted by molar-refractivity contribution is 5.78. The summed E-state index contributed by atoms with van der Waals surface area (Å²) in [5.74, 6) is 0.749. The molecule has 2 saturated heterocycles. The second kappa shape index (κ2) is 7.12. The smallest absolute Gasteiger partial charge is 0.306 e. The Labute approximate surface area is 143 Å². The molecule has 0 amide bonds. The van der Waals surface area contributed by atoms with Crippen LogP contribution in [0.1, 0.15) is 70.6 Å². The average Bonchev–Trinajstić information content (AvgIpc) is 3.44. The number of hydrogen-bond acceptors (Lipinski definition) is 5. The van der Waals surface area contributed by atoms with Gasteiger partial charge in [-0.15, -0.1) is 0 Å². The molecule has 0 aromatic rings. The van der Waals surface area contributed by atoms with Gasteiger partial charge in [0.25, 0.3) is 0 Å². The van der Waals surface area contributed by atoms with E-state index in [1.165, 1.54) is 0 Å². The minimum absolute atomic E-state index is 0.0441. The maximum atomic E-state index is 12.1. The number of carbonyl (C=O) groups is 2. The van der Waals surface area contributed by atoms with Gasteiger partial charge in [0, 0.05) is 25.7 Å². The second-order valence-electron chi connectivity index (χ2n) is 7.98. The Morgan fingerprint density at radius 1 is 0.833 bits per heavy atom. The largest absolute Gasteiger partial charge is 0.462 e. The number of hydrogen-bond donors (Lipinski definition) is 0. The molecule has 2 heterocycles. The van der Waals surface area contributed by atoms with E-state index in [-0.39, 0.29) is 12.1 Å². The highest BCUT2D eigenvalue weighted by Gasteiger charge is 2.45. The second-order valence-corrected chi connectivity index (χ2v) is 7.98. The molecular weight excluding hydrogens is 308 g/mol. The van der Waals surface area contributed by atoms with Crippen LogP contribution in [0.4, 0.5) is 0 Å². The quantitative estimate of drug-likeness (QED) is 0.387. The van der Waals surface area contributed by atoms with Crippen LogP contribution in [0.3, 0.4) is 0 Å². The van der Waals surface area contributed by atoms with Crippen LogP contribution in [0, 0.1) is 5.92 Å². The van der Waals surface area contributed by atoms with Crippen molar-refractivity contribution in [2.75, 3.05) is 0 Å². The van der Waals surface area contributed by atoms with Crippen LogP contribution in [-0.4, -0.2) is 42.3 Å². The Bertz CT molecular complexity index is 446. The Morgan fingerprint density at radius 3 is 2.29 bits per heavy atom. The molecule has 0 bridgehead atoms. The molecule has 4 rings (SSSR count). The number of Topliss-reactive ketones (excluding diaryl/α,β-unsaturated/α-hetero) is 1. The van der Waals surface area contributed by atoms with Gasteiger partial charge < -0.3 is 14.2 Å². The van der Waals surface area contributed by atoms with Gasteiger partial charge >= 0.3 is 5.97 Å². The van der Waals surface area contributed by atoms with Crippen molar-refractivity contribution >= 4 is 11.8 Å². The molecule has 5 heteroatoms. The number of unbranched alkanes of at least 4 members (excludes halogenated alkanes) is 1. The highest BCUT2D eigenvalue weighted by Crippen LogP contribution is 2.41. The molecule has 4 aliphatic rings. The molecule has 4 fully saturated rings. The van der Waals surface area contributed by atoms with Gasteiger partial charge in [0.05, 0.1) is 24.4 Å². The molecule has 0 aromatic carbocycles. The summed E-state index contributed by atoms with van der Waals surface area (Å²) in [6, 6.07) is 0. The van der Waals surface area contributed by atoms with E-state index < -0.39 is 0 Å². The van der Waals surface area contributed by atoms with E-state index in [0.29, 0.717) is 55.4 Å². The van der Waals surface area contributed by atoms with Crippen LogP contribution >= 0.6 is 0 Å². The van der Waals surface area contributed by atoms with E-state index in [0.717, 1.165) is 51.4 Å². The van der Waals surface area contributed by atoms with Gasteiger partial charge in [-0.3, -0.25) is 9.59 Å². The summed E-state index contributed by atoms with van der Waals surface area (Å²) in [6.45, 7) is 0. The fourth-order valence-electron chi connectivity index (χ4n) is 4.41. The number of ether oxygens (including phenoxy) is 3. The predicted octanol–water partition coefficient (Wildman–Crippen LogP) is 2.94. The summed E-state index contributed by atoms with van der Waals surface area (Å²) < 4.78 is 16.5. The number of epoxide rings is 2. The molecule has 134 valence electrons. The topological polar surface area (TPSA) is 68.4 Å². The number of carbonyl (C=O) groups excluding carboxylic acids is 2. The molecule has 0 aromatic heterocycles. The molecule has 0 spiro atoms. The normalized spacial score (nSPS) is 39.5. The Balaban J connectivity index is 1.04. The summed E-state index contributed by atoms with van der Waals surface area (Å²) in [5.41, 5.74) is 0. The molecule has 2 aliphatic carbocycles. The standard InChI is InChI=1S/C19H28O5/c20-13(9-12-5-7-15-17(10-12)23-15)3-1-2-4-19(21)22-14-6-8-16-18(11-14)24-16/h12,14-18H,1-11H2. The van der Waals surface area contributed by atoms with Crippen molar-refractivity contribution in [3.05, 3.63) is 0 Å². The van der Waals surface area contributed by atoms with Gasteiger partial charge in [0.2, 0.25) is 0 Å². The summed E-state index contributed by atoms with van der Waals surface area (Å²) >= 11 is 0. The van der Waals surface area contributed by atoms with Crippen molar-refractivity contribution in [2.45, 2.75) is 101 Å². The molecule has 2 saturated carbocycles. The summed E-state index contributed by atoms with van der Waals surface area (Å²) in [5, 5.41) is 0. The third-order valence-corrected chi connectivity index (χ3v) is 5.97. The predicted molar refractivity (Wildman–Crippen MR) is 86.5 cm³/mol. The van der Waals surface area contributed by atoms with Crippen molar-refractivity contribution in [1.82, 2.24) is 0 Å². The van der Waals surface area contributed by atoms with Crippen LogP contribution < -0.4 is 0 Å². The van der Waals surface area contributed by atoms with E-state index >= 15 is 0 Å². The monoisotopic (exact) mass is 336 g/mol. The zero-order valence-electron chi connectivity index (χ0n) is 14.3. The van der Waals surface area contributed by atoms with Gasteiger partial charge in [-0.1, -0.05) is 0 Å². The van der Waals surface area contributed by atoms with Gasteiger partial charge in [-0.2, -0.15) is 0 Å². The molecule has 24 heavy (non-hydrogen) atoms. The highest BCUT2D eigenvalue weighted by atomic mass is 16.6. The molecule has 6 atom stereocenters. The third kappa shape index (κ3) is 4.37. The molecule has 0 radical (unpaired) electrons. The van der Waals surface area contributed by atoms with Crippen molar-refractivity contribution < 1.29 is 23.8 Å². The number of fused-ring (bicyclic) bond motifs is 2. The zero-order valence-corrected chi connectivity index (χ0v) is 14.3. The van der Waals surface area contributed by atoms with Crippen LogP contribution in [-0.2, 0) is 23.8 Å². The lowest BCUT2D eigenvalue weighted by Crippen LogP contribution is -2.24. The molecule has 0 N–H and O–H groups in total. The fraction of sp³-hybridized carbons (Fsp3) is 0.895. The summed E-state index contributed by atoms with van der Waals surface area (Å²) in [6.07, 6.45) is 11.2. The van der Waals surface area contributed by atoms with Crippen molar-refractivity contribution in [3.8, 4) is 0 Å². The minimum atomic E-state index is -0.115. The Hall–Kier alpha value is -0.940. The van der Waals surface area contributed by atoms with E-state index in [9.17, 15) is 9.59 Å². The SMILES string of the molecule is O=C(CCCCC(=O)OC1CCC2OC2C1)CC1CCC2OC2C1. The zero-order chi connectivity index (χ0) is 16.5. The first kappa shape index (κ1) is 16.5. The summed E-state index contributed by atoms with van der Waals surface area (Å²) in [7, 11) is 0. The van der Waals surface area contributed by atoms with E-state index in [1.807, 2.05) is 0 Å². The molecule has 5 nitrogen and oxygen atoms in total. The van der Waals surface area contributed by atoms with Crippen molar-refractivity contribution in [1.29, 1.82) is 0 Å². The number of ketones is 1. The van der Waals surface area contributed by atoms with Crippen LogP contribution in [0.2, 0.25) is 0 Å². The molecular formula is C19H28O5. The fourth-order valence-corrected chi connectivity index (χ4v) is 4.41. The lowest BCUT2D eigenvalue weighted by atomic mass is 9.85. The first-order valence-corrected chi connectivity index (χ1v) is 9.69.